The fourth-order valence-corrected chi connectivity index (χ4v) is 4.82. The monoisotopic (exact) mass is 454 g/mol. The molecule has 1 atom stereocenters. The second-order valence-electron chi connectivity index (χ2n) is 8.37. The summed E-state index contributed by atoms with van der Waals surface area (Å²) < 4.78 is 11.0. The highest BCUT2D eigenvalue weighted by atomic mass is 16.5. The molecular formula is C28H26N2O4. The number of para-hydroxylation sites is 2. The summed E-state index contributed by atoms with van der Waals surface area (Å²) in [4.78, 5) is 29.2. The zero-order valence-electron chi connectivity index (χ0n) is 19.2. The summed E-state index contributed by atoms with van der Waals surface area (Å²) in [5.74, 6) is 1.00. The van der Waals surface area contributed by atoms with Crippen LogP contribution in [-0.2, 0) is 4.79 Å². The van der Waals surface area contributed by atoms with Gasteiger partial charge >= 0.3 is 0 Å². The van der Waals surface area contributed by atoms with Crippen LogP contribution in [0.1, 0.15) is 41.2 Å². The van der Waals surface area contributed by atoms with E-state index in [1.165, 1.54) is 0 Å². The Kier molecular flexibility index (Phi) is 5.80. The fraction of sp³-hybridized carbons (Fsp3) is 0.214. The van der Waals surface area contributed by atoms with Gasteiger partial charge in [-0.3, -0.25) is 14.5 Å². The maximum atomic E-state index is 14.1. The van der Waals surface area contributed by atoms with Crippen molar-refractivity contribution in [3.05, 3.63) is 95.2 Å². The van der Waals surface area contributed by atoms with Crippen LogP contribution in [0, 0.1) is 0 Å². The molecule has 34 heavy (non-hydrogen) atoms. The molecule has 0 spiro atoms. The van der Waals surface area contributed by atoms with Crippen molar-refractivity contribution in [1.82, 2.24) is 0 Å². The summed E-state index contributed by atoms with van der Waals surface area (Å²) in [5, 5.41) is 3.49. The summed E-state index contributed by atoms with van der Waals surface area (Å²) in [5.41, 5.74) is 4.35. The zero-order chi connectivity index (χ0) is 23.7. The Hall–Kier alpha value is -4.06. The number of hydrogen-bond acceptors (Lipinski definition) is 5. The van der Waals surface area contributed by atoms with Gasteiger partial charge in [0.2, 0.25) is 0 Å². The molecule has 0 saturated carbocycles. The maximum Gasteiger partial charge on any atom is 0.259 e. The number of Topliss-reactive ketones (excluding diaryl/α,β-unsaturated/α-hetero) is 1. The average molecular weight is 455 g/mol. The molecule has 5 rings (SSSR count). The predicted molar refractivity (Wildman–Crippen MR) is 131 cm³/mol. The summed E-state index contributed by atoms with van der Waals surface area (Å²) >= 11 is 0. The van der Waals surface area contributed by atoms with Crippen molar-refractivity contribution in [3.63, 3.8) is 0 Å². The number of nitrogens with one attached hydrogen (secondary N) is 1. The minimum absolute atomic E-state index is 0.0483. The van der Waals surface area contributed by atoms with E-state index in [0.717, 1.165) is 35.5 Å². The van der Waals surface area contributed by atoms with Crippen molar-refractivity contribution in [2.45, 2.75) is 25.3 Å². The van der Waals surface area contributed by atoms with Crippen LogP contribution in [0.3, 0.4) is 0 Å². The van der Waals surface area contributed by atoms with Crippen molar-refractivity contribution in [2.75, 3.05) is 24.4 Å². The van der Waals surface area contributed by atoms with Crippen LogP contribution in [0.2, 0.25) is 0 Å². The van der Waals surface area contributed by atoms with Crippen LogP contribution in [0.15, 0.2) is 84.1 Å². The molecule has 1 N–H and O–H groups in total. The van der Waals surface area contributed by atoms with E-state index in [1.54, 1.807) is 31.3 Å². The van der Waals surface area contributed by atoms with Crippen molar-refractivity contribution in [2.24, 2.45) is 0 Å². The summed E-state index contributed by atoms with van der Waals surface area (Å²) in [6.07, 6.45) is 1.97. The maximum absolute atomic E-state index is 14.1. The highest BCUT2D eigenvalue weighted by Gasteiger charge is 2.40. The molecule has 0 bridgehead atoms. The van der Waals surface area contributed by atoms with Gasteiger partial charge in [-0.05, 0) is 54.8 Å². The third-order valence-electron chi connectivity index (χ3n) is 6.40. The molecule has 0 fully saturated rings. The summed E-state index contributed by atoms with van der Waals surface area (Å²) in [6.45, 7) is 0. The van der Waals surface area contributed by atoms with Crippen LogP contribution in [-0.4, -0.2) is 25.9 Å². The number of fused-ring (bicyclic) bond motifs is 1. The second-order valence-corrected chi connectivity index (χ2v) is 8.37. The molecule has 172 valence electrons. The highest BCUT2D eigenvalue weighted by molar-refractivity contribution is 6.11. The lowest BCUT2D eigenvalue weighted by Crippen LogP contribution is -2.38. The lowest BCUT2D eigenvalue weighted by atomic mass is 9.85. The molecule has 0 unspecified atom stereocenters. The topological polar surface area (TPSA) is 67.9 Å². The second kappa shape index (κ2) is 9.06. The SMILES string of the molecule is COc1ccc([C@H]2C3=C(CCCC3=O)Nc3ccccc3N2C(=O)c2ccccc2)cc1OC. The number of methoxy groups -OCH3 is 2. The zero-order valence-corrected chi connectivity index (χ0v) is 19.2. The Morgan fingerprint density at radius 3 is 2.41 bits per heavy atom. The molecular weight excluding hydrogens is 428 g/mol. The Balaban J connectivity index is 1.79. The van der Waals surface area contributed by atoms with E-state index in [9.17, 15) is 9.59 Å². The van der Waals surface area contributed by atoms with Gasteiger partial charge in [-0.15, -0.1) is 0 Å². The molecule has 1 aliphatic carbocycles. The van der Waals surface area contributed by atoms with Crippen LogP contribution >= 0.6 is 0 Å². The van der Waals surface area contributed by atoms with Crippen LogP contribution in [0.5, 0.6) is 11.5 Å². The largest absolute Gasteiger partial charge is 0.493 e. The number of anilines is 2. The quantitative estimate of drug-likeness (QED) is 0.562. The number of carbonyl (C=O) groups is 2. The number of carbonyl (C=O) groups excluding carboxylic acids is 2. The van der Waals surface area contributed by atoms with E-state index < -0.39 is 6.04 Å². The normalized spacial score (nSPS) is 17.3. The number of allylic oxidation sites excluding steroid dienone is 1. The lowest BCUT2D eigenvalue weighted by Gasteiger charge is -2.34. The van der Waals surface area contributed by atoms with Gasteiger partial charge in [-0.1, -0.05) is 36.4 Å². The number of benzene rings is 3. The first kappa shape index (κ1) is 21.8. The summed E-state index contributed by atoms with van der Waals surface area (Å²) in [7, 11) is 3.16. The van der Waals surface area contributed by atoms with Gasteiger partial charge in [-0.25, -0.2) is 0 Å². The van der Waals surface area contributed by atoms with Gasteiger partial charge in [-0.2, -0.15) is 0 Å². The van der Waals surface area contributed by atoms with E-state index >= 15 is 0 Å². The number of hydrogen-bond donors (Lipinski definition) is 1. The standard InChI is InChI=1S/C28H26N2O4/c1-33-24-16-15-19(17-25(24)34-2)27-26-21(12-8-14-23(26)31)29-20-11-6-7-13-22(20)30(27)28(32)18-9-4-3-5-10-18/h3-7,9-11,13,15-17,27,29H,8,12,14H2,1-2H3/t27-/m0/s1. The van der Waals surface area contributed by atoms with Crippen molar-refractivity contribution in [1.29, 1.82) is 0 Å². The van der Waals surface area contributed by atoms with Crippen molar-refractivity contribution in [3.8, 4) is 11.5 Å². The molecule has 1 amide bonds. The lowest BCUT2D eigenvalue weighted by molar-refractivity contribution is -0.116. The Morgan fingerprint density at radius 2 is 1.65 bits per heavy atom. The number of rotatable bonds is 4. The molecule has 0 aromatic heterocycles. The molecule has 3 aromatic carbocycles. The first-order valence-electron chi connectivity index (χ1n) is 11.3. The van der Waals surface area contributed by atoms with Gasteiger partial charge < -0.3 is 14.8 Å². The van der Waals surface area contributed by atoms with Crippen molar-refractivity contribution >= 4 is 23.1 Å². The fourth-order valence-electron chi connectivity index (χ4n) is 4.82. The molecule has 2 aliphatic rings. The molecule has 1 aliphatic heterocycles. The number of ketones is 1. The van der Waals surface area contributed by atoms with Gasteiger partial charge in [0.05, 0.1) is 31.6 Å². The Bertz CT molecular complexity index is 1280. The Labute approximate surface area is 198 Å². The van der Waals surface area contributed by atoms with E-state index in [4.69, 9.17) is 9.47 Å². The van der Waals surface area contributed by atoms with Gasteiger partial charge in [0, 0.05) is 23.3 Å². The first-order valence-corrected chi connectivity index (χ1v) is 11.3. The smallest absolute Gasteiger partial charge is 0.259 e. The van der Waals surface area contributed by atoms with Gasteiger partial charge in [0.1, 0.15) is 0 Å². The highest BCUT2D eigenvalue weighted by Crippen LogP contribution is 2.46. The molecule has 3 aromatic rings. The van der Waals surface area contributed by atoms with E-state index in [2.05, 4.69) is 5.32 Å². The van der Waals surface area contributed by atoms with Crippen molar-refractivity contribution < 1.29 is 19.1 Å². The molecule has 6 heteroatoms. The van der Waals surface area contributed by atoms with Crippen LogP contribution < -0.4 is 19.7 Å². The van der Waals surface area contributed by atoms with Crippen LogP contribution in [0.25, 0.3) is 0 Å². The molecule has 0 saturated heterocycles. The van der Waals surface area contributed by atoms with Gasteiger partial charge in [0.15, 0.2) is 17.3 Å². The van der Waals surface area contributed by atoms with Crippen LogP contribution in [0.4, 0.5) is 11.4 Å². The van der Waals surface area contributed by atoms with E-state index in [-0.39, 0.29) is 11.7 Å². The minimum atomic E-state index is -0.619. The first-order chi connectivity index (χ1) is 16.6. The molecule has 0 radical (unpaired) electrons. The predicted octanol–water partition coefficient (Wildman–Crippen LogP) is 5.52. The third kappa shape index (κ3) is 3.71. The number of nitrogens with zero attached hydrogens (tertiary/aromatic N) is 1. The Morgan fingerprint density at radius 1 is 0.912 bits per heavy atom. The number of amides is 1. The summed E-state index contributed by atoms with van der Waals surface area (Å²) in [6, 6.07) is 21.8. The molecule has 6 nitrogen and oxygen atoms in total. The average Bonchev–Trinajstić information content (AvgIpc) is 3.03. The molecule has 1 heterocycles. The number of ether oxygens (including phenoxy) is 2. The van der Waals surface area contributed by atoms with E-state index in [1.807, 2.05) is 60.7 Å². The minimum Gasteiger partial charge on any atom is -0.493 e. The van der Waals surface area contributed by atoms with E-state index in [0.29, 0.717) is 29.1 Å². The van der Waals surface area contributed by atoms with Gasteiger partial charge in [0.25, 0.3) is 5.91 Å². The third-order valence-corrected chi connectivity index (χ3v) is 6.40.